The van der Waals surface area contributed by atoms with E-state index >= 15 is 0 Å². The number of benzene rings is 3. The number of rotatable bonds is 6. The molecule has 1 atom stereocenters. The number of nitrogens with zero attached hydrogens (tertiary/aromatic N) is 2. The number of aromatic nitrogens is 2. The van der Waals surface area contributed by atoms with Crippen LogP contribution < -0.4 is 14.4 Å². The number of carbonyl (C=O) groups excluding carboxylic acids is 2. The molecule has 0 spiro atoms. The number of aliphatic hydroxyl groups excluding tert-OH is 1. The molecule has 1 fully saturated rings. The highest BCUT2D eigenvalue weighted by Crippen LogP contribution is 2.42. The van der Waals surface area contributed by atoms with Gasteiger partial charge >= 0.3 is 5.91 Å². The molecule has 8 nitrogen and oxygen atoms in total. The van der Waals surface area contributed by atoms with Gasteiger partial charge in [0.15, 0.2) is 0 Å². The Bertz CT molecular complexity index is 1500. The van der Waals surface area contributed by atoms with E-state index < -0.39 is 17.7 Å². The summed E-state index contributed by atoms with van der Waals surface area (Å²) < 4.78 is 11.0. The average molecular weight is 498 g/mol. The Kier molecular flexibility index (Phi) is 6.17. The van der Waals surface area contributed by atoms with Crippen molar-refractivity contribution in [3.05, 3.63) is 89.0 Å². The van der Waals surface area contributed by atoms with Crippen LogP contribution in [0.5, 0.6) is 11.5 Å². The van der Waals surface area contributed by atoms with Crippen LogP contribution in [0.2, 0.25) is 0 Å². The van der Waals surface area contributed by atoms with Crippen molar-refractivity contribution in [3.63, 3.8) is 0 Å². The average Bonchev–Trinajstić information content (AvgIpc) is 3.42. The zero-order valence-electron chi connectivity index (χ0n) is 21.0. The van der Waals surface area contributed by atoms with Crippen molar-refractivity contribution in [2.45, 2.75) is 32.9 Å². The molecule has 1 aromatic heterocycles. The molecule has 2 N–H and O–H groups in total. The molecule has 3 aromatic carbocycles. The third-order valence-electron chi connectivity index (χ3n) is 6.31. The summed E-state index contributed by atoms with van der Waals surface area (Å²) >= 11 is 0. The molecule has 188 valence electrons. The van der Waals surface area contributed by atoms with Crippen molar-refractivity contribution in [2.75, 3.05) is 12.0 Å². The molecule has 1 unspecified atom stereocenters. The van der Waals surface area contributed by atoms with Crippen LogP contribution in [0.15, 0.2) is 72.3 Å². The number of aromatic amines is 1. The van der Waals surface area contributed by atoms with Crippen LogP contribution in [-0.4, -0.2) is 40.0 Å². The first-order chi connectivity index (χ1) is 17.8. The van der Waals surface area contributed by atoms with Gasteiger partial charge in [-0.1, -0.05) is 24.3 Å². The minimum absolute atomic E-state index is 0.00918. The van der Waals surface area contributed by atoms with E-state index in [4.69, 9.17) is 9.47 Å². The number of amides is 1. The first kappa shape index (κ1) is 24.1. The van der Waals surface area contributed by atoms with E-state index in [0.29, 0.717) is 33.7 Å². The Hall–Kier alpha value is -4.59. The Morgan fingerprint density at radius 2 is 1.73 bits per heavy atom. The number of hydrogen-bond acceptors (Lipinski definition) is 6. The maximum atomic E-state index is 13.4. The van der Waals surface area contributed by atoms with E-state index in [-0.39, 0.29) is 23.4 Å². The number of ether oxygens (including phenoxy) is 2. The number of hydrogen-bond donors (Lipinski definition) is 2. The number of H-pyrrole nitrogens is 1. The van der Waals surface area contributed by atoms with Crippen molar-refractivity contribution in [1.29, 1.82) is 0 Å². The molecule has 5 rings (SSSR count). The lowest BCUT2D eigenvalue weighted by Crippen LogP contribution is -2.30. The molecule has 1 saturated heterocycles. The van der Waals surface area contributed by atoms with E-state index in [0.717, 1.165) is 5.52 Å². The fourth-order valence-corrected chi connectivity index (χ4v) is 4.59. The molecule has 2 heterocycles. The number of ketones is 1. The molecule has 0 bridgehead atoms. The smallest absolute Gasteiger partial charge is 0.302 e. The van der Waals surface area contributed by atoms with E-state index in [2.05, 4.69) is 9.97 Å². The molecule has 37 heavy (non-hydrogen) atoms. The summed E-state index contributed by atoms with van der Waals surface area (Å²) in [5, 5.41) is 11.4. The summed E-state index contributed by atoms with van der Waals surface area (Å²) in [4.78, 5) is 35.9. The third-order valence-corrected chi connectivity index (χ3v) is 6.31. The van der Waals surface area contributed by atoms with Gasteiger partial charge in [-0.15, -0.1) is 0 Å². The Labute approximate surface area is 214 Å². The number of carbonyl (C=O) groups is 2. The molecule has 8 heteroatoms. The first-order valence-electron chi connectivity index (χ1n) is 12.0. The van der Waals surface area contributed by atoms with Crippen LogP contribution in [-0.2, 0) is 9.59 Å². The van der Waals surface area contributed by atoms with Gasteiger partial charge in [0.1, 0.15) is 17.3 Å². The Morgan fingerprint density at radius 3 is 2.38 bits per heavy atom. The second-order valence-corrected chi connectivity index (χ2v) is 9.16. The monoisotopic (exact) mass is 497 g/mol. The van der Waals surface area contributed by atoms with Gasteiger partial charge in [-0.2, -0.15) is 0 Å². The van der Waals surface area contributed by atoms with Gasteiger partial charge < -0.3 is 19.6 Å². The minimum Gasteiger partial charge on any atom is -0.507 e. The van der Waals surface area contributed by atoms with Gasteiger partial charge in [0.05, 0.1) is 35.9 Å². The van der Waals surface area contributed by atoms with Gasteiger partial charge in [-0.05, 0) is 74.4 Å². The van der Waals surface area contributed by atoms with E-state index in [9.17, 15) is 14.7 Å². The number of aliphatic hydroxyl groups is 1. The fourth-order valence-electron chi connectivity index (χ4n) is 4.59. The highest BCUT2D eigenvalue weighted by molar-refractivity contribution is 6.51. The number of imidazole rings is 1. The van der Waals surface area contributed by atoms with E-state index in [1.54, 1.807) is 56.5 Å². The zero-order valence-corrected chi connectivity index (χ0v) is 21.0. The molecule has 0 radical (unpaired) electrons. The summed E-state index contributed by atoms with van der Waals surface area (Å²) in [5.74, 6) is -0.328. The van der Waals surface area contributed by atoms with Gasteiger partial charge in [-0.25, -0.2) is 4.98 Å². The van der Waals surface area contributed by atoms with Gasteiger partial charge in [-0.3, -0.25) is 14.5 Å². The molecule has 1 aliphatic heterocycles. The predicted octanol–water partition coefficient (Wildman–Crippen LogP) is 5.29. The SMILES string of the molecule is COc1ccc(/C(O)=C2\C(=O)C(=O)N(c3nc4ccccc4[nH]3)C2c2ccc(OC(C)C)cc2)c(C)c1. The van der Waals surface area contributed by atoms with Crippen molar-refractivity contribution in [3.8, 4) is 11.5 Å². The lowest BCUT2D eigenvalue weighted by molar-refractivity contribution is -0.132. The number of nitrogens with one attached hydrogen (secondary N) is 1. The van der Waals surface area contributed by atoms with Crippen molar-refractivity contribution >= 4 is 34.4 Å². The topological polar surface area (TPSA) is 105 Å². The number of methoxy groups -OCH3 is 1. The molecule has 4 aromatic rings. The highest BCUT2D eigenvalue weighted by Gasteiger charge is 2.48. The summed E-state index contributed by atoms with van der Waals surface area (Å²) in [6, 6.07) is 18.7. The lowest BCUT2D eigenvalue weighted by atomic mass is 9.94. The van der Waals surface area contributed by atoms with Crippen molar-refractivity contribution in [1.82, 2.24) is 9.97 Å². The highest BCUT2D eigenvalue weighted by atomic mass is 16.5. The fraction of sp³-hybridized carbons (Fsp3) is 0.207. The largest absolute Gasteiger partial charge is 0.507 e. The molecule has 1 amide bonds. The standard InChI is InChI=1S/C29H27N3O5/c1-16(2)37-19-11-9-18(10-12-19)25-24(26(33)21-14-13-20(36-4)15-17(21)3)27(34)28(35)32(25)29-30-22-7-5-6-8-23(22)31-29/h5-16,25,33H,1-4H3,(H,30,31)/b26-24+. The Balaban J connectivity index is 1.69. The van der Waals surface area contributed by atoms with Crippen molar-refractivity contribution in [2.24, 2.45) is 0 Å². The number of anilines is 1. The number of fused-ring (bicyclic) bond motifs is 1. The first-order valence-corrected chi connectivity index (χ1v) is 12.0. The van der Waals surface area contributed by atoms with Gasteiger partial charge in [0, 0.05) is 5.56 Å². The van der Waals surface area contributed by atoms with Crippen LogP contribution in [0, 0.1) is 6.92 Å². The van der Waals surface area contributed by atoms with Crippen LogP contribution in [0.4, 0.5) is 5.95 Å². The van der Waals surface area contributed by atoms with Crippen LogP contribution in [0.1, 0.15) is 36.6 Å². The number of para-hydroxylation sites is 2. The van der Waals surface area contributed by atoms with Gasteiger partial charge in [0.25, 0.3) is 5.78 Å². The Morgan fingerprint density at radius 1 is 1.03 bits per heavy atom. The van der Waals surface area contributed by atoms with Crippen molar-refractivity contribution < 1.29 is 24.2 Å². The van der Waals surface area contributed by atoms with Crippen LogP contribution in [0.25, 0.3) is 16.8 Å². The summed E-state index contributed by atoms with van der Waals surface area (Å²) in [6.45, 7) is 5.67. The van der Waals surface area contributed by atoms with E-state index in [1.807, 2.05) is 38.1 Å². The minimum atomic E-state index is -0.907. The van der Waals surface area contributed by atoms with Crippen LogP contribution in [0.3, 0.4) is 0 Å². The van der Waals surface area contributed by atoms with Crippen LogP contribution >= 0.6 is 0 Å². The lowest BCUT2D eigenvalue weighted by Gasteiger charge is -2.23. The molecule has 0 aliphatic carbocycles. The number of Topliss-reactive ketones (excluding diaryl/α,β-unsaturated/α-hetero) is 1. The van der Waals surface area contributed by atoms with E-state index in [1.165, 1.54) is 4.90 Å². The second-order valence-electron chi connectivity index (χ2n) is 9.16. The van der Waals surface area contributed by atoms with Gasteiger partial charge in [0.2, 0.25) is 5.95 Å². The molecule has 0 saturated carbocycles. The maximum absolute atomic E-state index is 13.4. The quantitative estimate of drug-likeness (QED) is 0.213. The summed E-state index contributed by atoms with van der Waals surface area (Å²) in [7, 11) is 1.56. The second kappa shape index (κ2) is 9.46. The summed E-state index contributed by atoms with van der Waals surface area (Å²) in [6.07, 6.45) is -0.00918. The zero-order chi connectivity index (χ0) is 26.3. The maximum Gasteiger partial charge on any atom is 0.302 e. The number of aryl methyl sites for hydroxylation is 1. The summed E-state index contributed by atoms with van der Waals surface area (Å²) in [5.41, 5.74) is 3.13. The molecular weight excluding hydrogens is 470 g/mol. The third kappa shape index (κ3) is 4.31. The predicted molar refractivity (Wildman–Crippen MR) is 141 cm³/mol. The normalized spacial score (nSPS) is 17.1. The molecule has 1 aliphatic rings. The molecular formula is C29H27N3O5.